The van der Waals surface area contributed by atoms with E-state index in [0.717, 1.165) is 10.5 Å². The zero-order valence-corrected chi connectivity index (χ0v) is 18.5. The molecule has 0 aliphatic carbocycles. The first-order valence-corrected chi connectivity index (χ1v) is 11.2. The molecule has 2 amide bonds. The summed E-state index contributed by atoms with van der Waals surface area (Å²) in [5.74, 6) is -0.948. The zero-order chi connectivity index (χ0) is 22.5. The molecule has 0 aromatic heterocycles. The molecule has 4 nitrogen and oxygen atoms in total. The number of amides is 2. The summed E-state index contributed by atoms with van der Waals surface area (Å²) in [6, 6.07) is 21.9. The third kappa shape index (κ3) is 5.08. The van der Waals surface area contributed by atoms with Gasteiger partial charge in [-0.1, -0.05) is 71.9 Å². The number of aryl methyl sites for hydroxylation is 1. The van der Waals surface area contributed by atoms with Crippen LogP contribution in [0.4, 0.5) is 10.1 Å². The lowest BCUT2D eigenvalue weighted by Crippen LogP contribution is -2.43. The van der Waals surface area contributed by atoms with E-state index in [9.17, 15) is 14.0 Å². The molecule has 0 saturated carbocycles. The first-order chi connectivity index (χ1) is 15.5. The molecule has 162 valence electrons. The summed E-state index contributed by atoms with van der Waals surface area (Å²) in [6.45, 7) is 2.42. The Morgan fingerprint density at radius 1 is 1.03 bits per heavy atom. The van der Waals surface area contributed by atoms with Crippen LogP contribution in [0.1, 0.15) is 16.7 Å². The number of hydrogen-bond acceptors (Lipinski definition) is 3. The number of hydrogen-bond donors (Lipinski definition) is 1. The number of thioether (sulfide) groups is 1. The third-order valence-electron chi connectivity index (χ3n) is 5.18. The van der Waals surface area contributed by atoms with Crippen LogP contribution < -0.4 is 10.2 Å². The Balaban J connectivity index is 1.48. The van der Waals surface area contributed by atoms with Gasteiger partial charge in [-0.05, 0) is 43.2 Å². The fourth-order valence-corrected chi connectivity index (χ4v) is 4.50. The second-order valence-corrected chi connectivity index (χ2v) is 8.66. The molecule has 1 aliphatic rings. The van der Waals surface area contributed by atoms with Crippen LogP contribution >= 0.6 is 11.8 Å². The Hall–Kier alpha value is -3.38. The van der Waals surface area contributed by atoms with Crippen molar-refractivity contribution in [3.8, 4) is 0 Å². The number of carbonyl (C=O) groups is 2. The Kier molecular flexibility index (Phi) is 6.71. The molecule has 1 heterocycles. The number of benzene rings is 3. The Labute approximate surface area is 191 Å². The topological polar surface area (TPSA) is 49.4 Å². The van der Waals surface area contributed by atoms with Crippen molar-refractivity contribution in [3.63, 3.8) is 0 Å². The second kappa shape index (κ2) is 9.83. The van der Waals surface area contributed by atoms with Gasteiger partial charge in [0.1, 0.15) is 12.4 Å². The molecule has 6 heteroatoms. The lowest BCUT2D eigenvalue weighted by molar-refractivity contribution is -0.122. The van der Waals surface area contributed by atoms with Gasteiger partial charge < -0.3 is 5.32 Å². The predicted molar refractivity (Wildman–Crippen MR) is 127 cm³/mol. The largest absolute Gasteiger partial charge is 0.354 e. The Bertz CT molecular complexity index is 1170. The van der Waals surface area contributed by atoms with Crippen molar-refractivity contribution < 1.29 is 14.0 Å². The molecule has 0 fully saturated rings. The van der Waals surface area contributed by atoms with E-state index in [1.165, 1.54) is 28.3 Å². The lowest BCUT2D eigenvalue weighted by atomic mass is 10.1. The average Bonchev–Trinajstić information content (AvgIpc) is 2.79. The van der Waals surface area contributed by atoms with Crippen molar-refractivity contribution in [1.82, 2.24) is 5.32 Å². The van der Waals surface area contributed by atoms with E-state index in [2.05, 4.69) is 5.32 Å². The molecule has 0 spiro atoms. The maximum Gasteiger partial charge on any atom is 0.265 e. The molecule has 0 radical (unpaired) electrons. The van der Waals surface area contributed by atoms with Crippen LogP contribution in [-0.4, -0.2) is 24.9 Å². The highest BCUT2D eigenvalue weighted by Crippen LogP contribution is 2.42. The molecule has 3 aromatic carbocycles. The molecular weight excluding hydrogens is 423 g/mol. The van der Waals surface area contributed by atoms with Gasteiger partial charge in [0.05, 0.1) is 10.6 Å². The Morgan fingerprint density at radius 3 is 2.53 bits per heavy atom. The summed E-state index contributed by atoms with van der Waals surface area (Å²) in [6.07, 6.45) is 2.26. The number of nitrogens with one attached hydrogen (secondary N) is 1. The van der Waals surface area contributed by atoms with Gasteiger partial charge in [-0.25, -0.2) is 4.39 Å². The van der Waals surface area contributed by atoms with Gasteiger partial charge in [0.2, 0.25) is 5.91 Å². The fourth-order valence-electron chi connectivity index (χ4n) is 3.45. The number of anilines is 1. The highest BCUT2D eigenvalue weighted by molar-refractivity contribution is 8.04. The molecular formula is C26H23FN2O2S. The summed E-state index contributed by atoms with van der Waals surface area (Å²) in [4.78, 5) is 28.5. The smallest absolute Gasteiger partial charge is 0.265 e. The Morgan fingerprint density at radius 2 is 1.75 bits per heavy atom. The molecule has 0 saturated heterocycles. The molecule has 0 bridgehead atoms. The van der Waals surface area contributed by atoms with E-state index < -0.39 is 5.82 Å². The van der Waals surface area contributed by atoms with Crippen molar-refractivity contribution in [2.75, 3.05) is 18.0 Å². The number of nitrogens with zero attached hydrogens (tertiary/aromatic N) is 1. The molecule has 0 atom stereocenters. The normalized spacial score (nSPS) is 14.4. The number of para-hydroxylation sites is 1. The first kappa shape index (κ1) is 21.8. The van der Waals surface area contributed by atoms with Crippen molar-refractivity contribution in [2.24, 2.45) is 0 Å². The average molecular weight is 447 g/mol. The van der Waals surface area contributed by atoms with Gasteiger partial charge in [0.25, 0.3) is 5.91 Å². The quantitative estimate of drug-likeness (QED) is 0.544. The maximum atomic E-state index is 14.1. The third-order valence-corrected chi connectivity index (χ3v) is 6.26. The summed E-state index contributed by atoms with van der Waals surface area (Å²) < 4.78 is 14.1. The van der Waals surface area contributed by atoms with Crippen LogP contribution in [-0.2, 0) is 16.0 Å². The minimum absolute atomic E-state index is 0.0983. The minimum Gasteiger partial charge on any atom is -0.354 e. The highest BCUT2D eigenvalue weighted by atomic mass is 32.2. The molecule has 1 N–H and O–H groups in total. The first-order valence-electron chi connectivity index (χ1n) is 10.4. The van der Waals surface area contributed by atoms with Crippen molar-refractivity contribution in [3.05, 3.63) is 100 Å². The minimum atomic E-state index is -0.396. The van der Waals surface area contributed by atoms with Crippen LogP contribution in [0, 0.1) is 12.7 Å². The van der Waals surface area contributed by atoms with Crippen molar-refractivity contribution >= 4 is 35.3 Å². The van der Waals surface area contributed by atoms with Gasteiger partial charge in [-0.2, -0.15) is 0 Å². The lowest BCUT2D eigenvalue weighted by Gasteiger charge is -2.29. The van der Waals surface area contributed by atoms with Crippen LogP contribution in [0.25, 0.3) is 6.08 Å². The second-order valence-electron chi connectivity index (χ2n) is 7.58. The molecule has 0 unspecified atom stereocenters. The van der Waals surface area contributed by atoms with E-state index >= 15 is 0 Å². The highest BCUT2D eigenvalue weighted by Gasteiger charge is 2.30. The van der Waals surface area contributed by atoms with Crippen LogP contribution in [0.5, 0.6) is 0 Å². The van der Waals surface area contributed by atoms with E-state index in [4.69, 9.17) is 0 Å². The zero-order valence-electron chi connectivity index (χ0n) is 17.7. The monoisotopic (exact) mass is 446 g/mol. The predicted octanol–water partition coefficient (Wildman–Crippen LogP) is 4.97. The maximum absolute atomic E-state index is 14.1. The van der Waals surface area contributed by atoms with E-state index in [-0.39, 0.29) is 18.4 Å². The van der Waals surface area contributed by atoms with Crippen molar-refractivity contribution in [2.45, 2.75) is 18.2 Å². The number of carbonyl (C=O) groups excluding carboxylic acids is 2. The van der Waals surface area contributed by atoms with Gasteiger partial charge in [0.15, 0.2) is 0 Å². The van der Waals surface area contributed by atoms with Gasteiger partial charge in [-0.3, -0.25) is 14.5 Å². The summed E-state index contributed by atoms with van der Waals surface area (Å²) in [5, 5.41) is 2.90. The number of halogens is 1. The number of fused-ring (bicyclic) bond motifs is 1. The number of rotatable bonds is 6. The SMILES string of the molecule is Cc1ccc(CCNC(=O)CN2C(=O)/C(=C/c3ccccc3F)Sc3ccccc32)cc1. The fraction of sp³-hybridized carbons (Fsp3) is 0.154. The van der Waals surface area contributed by atoms with Crippen LogP contribution in [0.2, 0.25) is 0 Å². The van der Waals surface area contributed by atoms with Crippen LogP contribution in [0.3, 0.4) is 0 Å². The van der Waals surface area contributed by atoms with Gasteiger partial charge >= 0.3 is 0 Å². The molecule has 4 rings (SSSR count). The molecule has 32 heavy (non-hydrogen) atoms. The van der Waals surface area contributed by atoms with E-state index in [1.54, 1.807) is 24.3 Å². The summed E-state index contributed by atoms with van der Waals surface area (Å²) in [7, 11) is 0. The molecule has 1 aliphatic heterocycles. The molecule has 3 aromatic rings. The van der Waals surface area contributed by atoms with Crippen LogP contribution in [0.15, 0.2) is 82.6 Å². The van der Waals surface area contributed by atoms with Gasteiger partial charge in [-0.15, -0.1) is 0 Å². The standard InChI is InChI=1S/C26H23FN2O2S/c1-18-10-12-19(13-11-18)14-15-28-25(30)17-29-22-8-4-5-9-23(22)32-24(26(29)31)16-20-6-2-3-7-21(20)27/h2-13,16H,14-15,17H2,1H3,(H,28,30)/b24-16-. The van der Waals surface area contributed by atoms with Gasteiger partial charge in [0, 0.05) is 17.0 Å². The summed E-state index contributed by atoms with van der Waals surface area (Å²) >= 11 is 1.29. The van der Waals surface area contributed by atoms with E-state index in [1.807, 2.05) is 55.5 Å². The van der Waals surface area contributed by atoms with E-state index in [0.29, 0.717) is 29.1 Å². The van der Waals surface area contributed by atoms with Crippen molar-refractivity contribution in [1.29, 1.82) is 0 Å². The summed E-state index contributed by atoms with van der Waals surface area (Å²) in [5.41, 5.74) is 3.35.